The first kappa shape index (κ1) is 18.2. The number of nitrogens with zero attached hydrogens (tertiary/aromatic N) is 2. The molecule has 1 atom stereocenters. The molecule has 0 spiro atoms. The van der Waals surface area contributed by atoms with Crippen LogP contribution in [0.15, 0.2) is 30.3 Å². The summed E-state index contributed by atoms with van der Waals surface area (Å²) in [5.74, 6) is -3.32. The number of halogens is 2. The van der Waals surface area contributed by atoms with Crippen LogP contribution in [0.2, 0.25) is 0 Å². The van der Waals surface area contributed by atoms with Crippen molar-refractivity contribution in [3.05, 3.63) is 35.9 Å². The first-order chi connectivity index (χ1) is 11.8. The van der Waals surface area contributed by atoms with E-state index in [1.54, 1.807) is 24.3 Å². The van der Waals surface area contributed by atoms with Gasteiger partial charge in [0.15, 0.2) is 0 Å². The fourth-order valence-electron chi connectivity index (χ4n) is 3.17. The zero-order chi connectivity index (χ0) is 18.1. The number of alkyl halides is 2. The van der Waals surface area contributed by atoms with Gasteiger partial charge in [0.2, 0.25) is 15.9 Å². The van der Waals surface area contributed by atoms with E-state index in [1.807, 2.05) is 6.07 Å². The minimum atomic E-state index is -3.46. The van der Waals surface area contributed by atoms with Gasteiger partial charge in [-0.2, -0.15) is 4.31 Å². The quantitative estimate of drug-likeness (QED) is 0.842. The van der Waals surface area contributed by atoms with Gasteiger partial charge in [-0.3, -0.25) is 10.1 Å². The standard InChI is InChI=1S/C16H21F2N3O3S/c17-16(18)10-14(19-12-16)15(22)20-6-8-21(9-7-20)25(23,24)11-13-4-2-1-3-5-13/h1-5,14,19H,6-12H2. The highest BCUT2D eigenvalue weighted by atomic mass is 32.2. The van der Waals surface area contributed by atoms with Crippen LogP contribution in [-0.4, -0.2) is 68.2 Å². The Kier molecular flexibility index (Phi) is 5.08. The first-order valence-electron chi connectivity index (χ1n) is 8.19. The van der Waals surface area contributed by atoms with Crippen LogP contribution in [0.3, 0.4) is 0 Å². The summed E-state index contributed by atoms with van der Waals surface area (Å²) in [6.07, 6.45) is -0.502. The molecule has 1 N–H and O–H groups in total. The van der Waals surface area contributed by atoms with E-state index in [2.05, 4.69) is 5.32 Å². The van der Waals surface area contributed by atoms with Gasteiger partial charge in [-0.25, -0.2) is 17.2 Å². The summed E-state index contributed by atoms with van der Waals surface area (Å²) < 4.78 is 52.8. The second-order valence-corrected chi connectivity index (χ2v) is 8.43. The molecule has 0 aliphatic carbocycles. The van der Waals surface area contributed by atoms with Crippen molar-refractivity contribution >= 4 is 15.9 Å². The number of hydrogen-bond acceptors (Lipinski definition) is 4. The van der Waals surface area contributed by atoms with Gasteiger partial charge in [0.05, 0.1) is 18.3 Å². The van der Waals surface area contributed by atoms with Crippen molar-refractivity contribution < 1.29 is 22.0 Å². The van der Waals surface area contributed by atoms with Gasteiger partial charge in [0.1, 0.15) is 0 Å². The van der Waals surface area contributed by atoms with E-state index in [-0.39, 0.29) is 37.8 Å². The molecular formula is C16H21F2N3O3S. The summed E-state index contributed by atoms with van der Waals surface area (Å²) >= 11 is 0. The minimum Gasteiger partial charge on any atom is -0.339 e. The van der Waals surface area contributed by atoms with Gasteiger partial charge in [-0.15, -0.1) is 0 Å². The molecule has 2 fully saturated rings. The highest BCUT2D eigenvalue weighted by molar-refractivity contribution is 7.88. The maximum absolute atomic E-state index is 13.2. The fraction of sp³-hybridized carbons (Fsp3) is 0.562. The number of benzene rings is 1. The van der Waals surface area contributed by atoms with Gasteiger partial charge < -0.3 is 4.90 Å². The lowest BCUT2D eigenvalue weighted by molar-refractivity contribution is -0.134. The maximum atomic E-state index is 13.2. The molecular weight excluding hydrogens is 352 g/mol. The Labute approximate surface area is 145 Å². The third-order valence-corrected chi connectivity index (χ3v) is 6.39. The average molecular weight is 373 g/mol. The van der Waals surface area contributed by atoms with Crippen LogP contribution in [-0.2, 0) is 20.6 Å². The van der Waals surface area contributed by atoms with Crippen LogP contribution >= 0.6 is 0 Å². The number of rotatable bonds is 4. The van der Waals surface area contributed by atoms with Crippen LogP contribution < -0.4 is 5.32 Å². The lowest BCUT2D eigenvalue weighted by Gasteiger charge is -2.35. The van der Waals surface area contributed by atoms with Crippen LogP contribution in [0.1, 0.15) is 12.0 Å². The van der Waals surface area contributed by atoms with E-state index >= 15 is 0 Å². The molecule has 25 heavy (non-hydrogen) atoms. The van der Waals surface area contributed by atoms with Crippen molar-refractivity contribution in [3.63, 3.8) is 0 Å². The van der Waals surface area contributed by atoms with Gasteiger partial charge in [0.25, 0.3) is 5.92 Å². The fourth-order valence-corrected chi connectivity index (χ4v) is 4.69. The number of amides is 1. The van der Waals surface area contributed by atoms with Gasteiger partial charge in [-0.1, -0.05) is 30.3 Å². The predicted octanol–water partition coefficient (Wildman–Crippen LogP) is 0.658. The first-order valence-corrected chi connectivity index (χ1v) is 9.79. The molecule has 2 aliphatic heterocycles. The predicted molar refractivity (Wildman–Crippen MR) is 88.6 cm³/mol. The third-order valence-electron chi connectivity index (χ3n) is 4.54. The summed E-state index contributed by atoms with van der Waals surface area (Å²) in [6.45, 7) is 0.316. The van der Waals surface area contributed by atoms with Crippen molar-refractivity contribution in [2.75, 3.05) is 32.7 Å². The monoisotopic (exact) mass is 373 g/mol. The van der Waals surface area contributed by atoms with Crippen molar-refractivity contribution in [2.24, 2.45) is 0 Å². The largest absolute Gasteiger partial charge is 0.339 e. The molecule has 0 saturated carbocycles. The average Bonchev–Trinajstić information content (AvgIpc) is 2.95. The Morgan fingerprint density at radius 3 is 2.36 bits per heavy atom. The van der Waals surface area contributed by atoms with Crippen molar-refractivity contribution in [1.82, 2.24) is 14.5 Å². The minimum absolute atomic E-state index is 0.0851. The lowest BCUT2D eigenvalue weighted by Crippen LogP contribution is -2.54. The second kappa shape index (κ2) is 6.97. The number of nitrogens with one attached hydrogen (secondary N) is 1. The van der Waals surface area contributed by atoms with E-state index in [1.165, 1.54) is 9.21 Å². The van der Waals surface area contributed by atoms with Crippen molar-refractivity contribution in [1.29, 1.82) is 0 Å². The molecule has 3 rings (SSSR count). The molecule has 0 radical (unpaired) electrons. The van der Waals surface area contributed by atoms with Crippen LogP contribution in [0.4, 0.5) is 8.78 Å². The Morgan fingerprint density at radius 2 is 1.80 bits per heavy atom. The summed E-state index contributed by atoms with van der Waals surface area (Å²) in [7, 11) is -3.46. The molecule has 2 heterocycles. The number of carbonyl (C=O) groups is 1. The summed E-state index contributed by atoms with van der Waals surface area (Å²) in [6, 6.07) is 8.01. The molecule has 0 bridgehead atoms. The molecule has 1 unspecified atom stereocenters. The SMILES string of the molecule is O=C(C1CC(F)(F)CN1)N1CCN(S(=O)(=O)Cc2ccccc2)CC1. The van der Waals surface area contributed by atoms with E-state index in [0.29, 0.717) is 5.56 Å². The van der Waals surface area contributed by atoms with Crippen LogP contribution in [0.25, 0.3) is 0 Å². The van der Waals surface area contributed by atoms with E-state index < -0.39 is 35.0 Å². The van der Waals surface area contributed by atoms with Crippen molar-refractivity contribution in [2.45, 2.75) is 24.1 Å². The summed E-state index contributed by atoms with van der Waals surface area (Å²) in [5, 5.41) is 2.54. The Balaban J connectivity index is 1.55. The highest BCUT2D eigenvalue weighted by Gasteiger charge is 2.44. The maximum Gasteiger partial charge on any atom is 0.262 e. The Bertz CT molecular complexity index is 719. The molecule has 2 saturated heterocycles. The van der Waals surface area contributed by atoms with Crippen molar-refractivity contribution in [3.8, 4) is 0 Å². The normalized spacial score (nSPS) is 24.4. The molecule has 1 aromatic carbocycles. The Morgan fingerprint density at radius 1 is 1.16 bits per heavy atom. The molecule has 6 nitrogen and oxygen atoms in total. The Hall–Kier alpha value is -1.58. The molecule has 1 amide bonds. The van der Waals surface area contributed by atoms with E-state index in [0.717, 1.165) is 0 Å². The topological polar surface area (TPSA) is 69.7 Å². The lowest BCUT2D eigenvalue weighted by atomic mass is 10.1. The zero-order valence-electron chi connectivity index (χ0n) is 13.7. The molecule has 9 heteroatoms. The number of carbonyl (C=O) groups excluding carboxylic acids is 1. The molecule has 138 valence electrons. The third kappa shape index (κ3) is 4.34. The smallest absolute Gasteiger partial charge is 0.262 e. The number of hydrogen-bond donors (Lipinski definition) is 1. The zero-order valence-corrected chi connectivity index (χ0v) is 14.5. The number of sulfonamides is 1. The summed E-state index contributed by atoms with van der Waals surface area (Å²) in [4.78, 5) is 13.8. The van der Waals surface area contributed by atoms with Gasteiger partial charge in [-0.05, 0) is 5.56 Å². The molecule has 2 aliphatic rings. The second-order valence-electron chi connectivity index (χ2n) is 6.46. The number of piperazine rings is 1. The van der Waals surface area contributed by atoms with Crippen LogP contribution in [0, 0.1) is 0 Å². The van der Waals surface area contributed by atoms with Gasteiger partial charge in [0, 0.05) is 32.6 Å². The van der Waals surface area contributed by atoms with Gasteiger partial charge >= 0.3 is 0 Å². The summed E-state index contributed by atoms with van der Waals surface area (Å²) in [5.41, 5.74) is 0.707. The highest BCUT2D eigenvalue weighted by Crippen LogP contribution is 2.26. The van der Waals surface area contributed by atoms with E-state index in [4.69, 9.17) is 0 Å². The van der Waals surface area contributed by atoms with Crippen LogP contribution in [0.5, 0.6) is 0 Å². The molecule has 1 aromatic rings. The van der Waals surface area contributed by atoms with E-state index in [9.17, 15) is 22.0 Å². The molecule has 0 aromatic heterocycles.